The molecule has 41 heavy (non-hydrogen) atoms. The van der Waals surface area contributed by atoms with E-state index in [0.29, 0.717) is 28.1 Å². The first kappa shape index (κ1) is 29.5. The summed E-state index contributed by atoms with van der Waals surface area (Å²) in [4.78, 5) is 56.5. The van der Waals surface area contributed by atoms with Crippen molar-refractivity contribution < 1.29 is 33.0 Å². The van der Waals surface area contributed by atoms with E-state index < -0.39 is 28.9 Å². The maximum absolute atomic E-state index is 13.5. The molecule has 1 N–H and O–H groups in total. The summed E-state index contributed by atoms with van der Waals surface area (Å²) in [7, 11) is 0. The predicted octanol–water partition coefficient (Wildman–Crippen LogP) is 5.34. The van der Waals surface area contributed by atoms with Crippen molar-refractivity contribution >= 4 is 52.1 Å². The fraction of sp³-hybridized carbons (Fsp3) is 0.233. The first-order chi connectivity index (χ1) is 19.8. The minimum absolute atomic E-state index is 0.0839. The van der Waals surface area contributed by atoms with E-state index in [1.54, 1.807) is 74.5 Å². The van der Waals surface area contributed by atoms with Crippen LogP contribution in [0.2, 0.25) is 0 Å². The van der Waals surface area contributed by atoms with Crippen molar-refractivity contribution in [2.45, 2.75) is 32.1 Å². The molecule has 0 spiro atoms. The van der Waals surface area contributed by atoms with Crippen molar-refractivity contribution in [3.05, 3.63) is 95.3 Å². The van der Waals surface area contributed by atoms with Gasteiger partial charge in [0.1, 0.15) is 11.1 Å². The van der Waals surface area contributed by atoms with Gasteiger partial charge in [0.25, 0.3) is 0 Å². The smallest absolute Gasteiger partial charge is 0.338 e. The molecule has 212 valence electrons. The molecule has 0 aliphatic carbocycles. The fourth-order valence-electron chi connectivity index (χ4n) is 3.89. The highest BCUT2D eigenvalue weighted by molar-refractivity contribution is 8.15. The zero-order valence-corrected chi connectivity index (χ0v) is 23.3. The number of aliphatic imine (C=N–C) groups is 1. The molecule has 1 atom stereocenters. The first-order valence-corrected chi connectivity index (χ1v) is 13.8. The molecule has 1 unspecified atom stereocenters. The number of rotatable bonds is 9. The van der Waals surface area contributed by atoms with Crippen LogP contribution in [0.4, 0.5) is 15.8 Å². The molecule has 3 aromatic carbocycles. The van der Waals surface area contributed by atoms with Crippen molar-refractivity contribution in [1.82, 2.24) is 4.90 Å². The van der Waals surface area contributed by atoms with E-state index in [2.05, 4.69) is 10.3 Å². The lowest BCUT2D eigenvalue weighted by molar-refractivity contribution is -0.129. The summed E-state index contributed by atoms with van der Waals surface area (Å²) in [6, 6.07) is 18.4. The standard InChI is InChI=1S/C30H28FN3O6S/c1-3-39-28(37)20-7-13-23(14-8-20)32-27(36)25-17-26(35)34(18-19-5-11-22(31)12-6-19)30(41-25)33-24-15-9-21(10-16-24)29(38)40-4-2/h5-16,25H,3-4,17-18H2,1-2H3,(H,32,36). The van der Waals surface area contributed by atoms with Gasteiger partial charge in [-0.25, -0.2) is 19.0 Å². The van der Waals surface area contributed by atoms with Gasteiger partial charge in [0, 0.05) is 12.1 Å². The number of ether oxygens (including phenoxy) is 2. The first-order valence-electron chi connectivity index (χ1n) is 12.9. The van der Waals surface area contributed by atoms with Crippen LogP contribution in [0.15, 0.2) is 77.8 Å². The number of halogens is 1. The van der Waals surface area contributed by atoms with E-state index in [9.17, 15) is 23.6 Å². The predicted molar refractivity (Wildman–Crippen MR) is 153 cm³/mol. The number of carbonyl (C=O) groups excluding carboxylic acids is 4. The van der Waals surface area contributed by atoms with Gasteiger partial charge in [0.15, 0.2) is 5.17 Å². The van der Waals surface area contributed by atoms with Gasteiger partial charge in [-0.15, -0.1) is 0 Å². The van der Waals surface area contributed by atoms with Gasteiger partial charge >= 0.3 is 11.9 Å². The summed E-state index contributed by atoms with van der Waals surface area (Å²) in [5.74, 6) is -2.04. The third-order valence-corrected chi connectivity index (χ3v) is 7.14. The van der Waals surface area contributed by atoms with E-state index in [0.717, 1.165) is 11.8 Å². The number of anilines is 1. The maximum atomic E-state index is 13.5. The number of nitrogens with one attached hydrogen (secondary N) is 1. The Labute approximate surface area is 240 Å². The highest BCUT2D eigenvalue weighted by Gasteiger charge is 2.36. The molecule has 0 saturated carbocycles. The highest BCUT2D eigenvalue weighted by atomic mass is 32.2. The molecular formula is C30H28FN3O6S. The van der Waals surface area contributed by atoms with Gasteiger partial charge in [0.2, 0.25) is 11.8 Å². The number of carbonyl (C=O) groups is 4. The van der Waals surface area contributed by atoms with Crippen LogP contribution >= 0.6 is 11.8 Å². The quantitative estimate of drug-likeness (QED) is 0.342. The van der Waals surface area contributed by atoms with Gasteiger partial charge in [-0.1, -0.05) is 23.9 Å². The van der Waals surface area contributed by atoms with Crippen LogP contribution in [-0.4, -0.2) is 52.3 Å². The molecular weight excluding hydrogens is 549 g/mol. The Bertz CT molecular complexity index is 1440. The number of amides is 2. The van der Waals surface area contributed by atoms with Crippen molar-refractivity contribution in [2.75, 3.05) is 18.5 Å². The second-order valence-corrected chi connectivity index (χ2v) is 10.0. The van der Waals surface area contributed by atoms with Crippen LogP contribution in [0.5, 0.6) is 0 Å². The zero-order chi connectivity index (χ0) is 29.4. The van der Waals surface area contributed by atoms with E-state index in [4.69, 9.17) is 9.47 Å². The van der Waals surface area contributed by atoms with Gasteiger partial charge < -0.3 is 14.8 Å². The SMILES string of the molecule is CCOC(=O)c1ccc(N=C2SC(C(=O)Nc3ccc(C(=O)OCC)cc3)CC(=O)N2Cc2ccc(F)cc2)cc1. The highest BCUT2D eigenvalue weighted by Crippen LogP contribution is 2.31. The topological polar surface area (TPSA) is 114 Å². The van der Waals surface area contributed by atoms with Crippen LogP contribution in [0, 0.1) is 5.82 Å². The monoisotopic (exact) mass is 577 g/mol. The van der Waals surface area contributed by atoms with E-state index >= 15 is 0 Å². The molecule has 4 rings (SSSR count). The molecule has 3 aromatic rings. The van der Waals surface area contributed by atoms with Crippen LogP contribution in [-0.2, 0) is 25.6 Å². The molecule has 1 aliphatic heterocycles. The summed E-state index contributed by atoms with van der Waals surface area (Å²) in [6.07, 6.45) is -0.0839. The van der Waals surface area contributed by atoms with Crippen molar-refractivity contribution in [1.29, 1.82) is 0 Å². The lowest BCUT2D eigenvalue weighted by atomic mass is 10.1. The van der Waals surface area contributed by atoms with Crippen LogP contribution < -0.4 is 5.32 Å². The Balaban J connectivity index is 1.55. The summed E-state index contributed by atoms with van der Waals surface area (Å²) in [5, 5.41) is 2.29. The second kappa shape index (κ2) is 13.7. The van der Waals surface area contributed by atoms with Crippen LogP contribution in [0.25, 0.3) is 0 Å². The van der Waals surface area contributed by atoms with Gasteiger partial charge in [-0.2, -0.15) is 0 Å². The average molecular weight is 578 g/mol. The van der Waals surface area contributed by atoms with Crippen LogP contribution in [0.3, 0.4) is 0 Å². The number of nitrogens with zero attached hydrogens (tertiary/aromatic N) is 2. The van der Waals surface area contributed by atoms with Gasteiger partial charge in [-0.3, -0.25) is 14.5 Å². The number of hydrogen-bond donors (Lipinski definition) is 1. The molecule has 1 fully saturated rings. The third-order valence-electron chi connectivity index (χ3n) is 5.95. The molecule has 9 nitrogen and oxygen atoms in total. The van der Waals surface area contributed by atoms with E-state index in [-0.39, 0.29) is 37.3 Å². The maximum Gasteiger partial charge on any atom is 0.338 e. The molecule has 1 aliphatic rings. The van der Waals surface area contributed by atoms with Crippen molar-refractivity contribution in [3.63, 3.8) is 0 Å². The number of amidine groups is 1. The second-order valence-electron chi connectivity index (χ2n) is 8.87. The largest absolute Gasteiger partial charge is 0.462 e. The molecule has 0 bridgehead atoms. The normalized spacial score (nSPS) is 15.9. The Morgan fingerprint density at radius 3 is 2.02 bits per heavy atom. The summed E-state index contributed by atoms with van der Waals surface area (Å²) in [6.45, 7) is 4.07. The fourth-order valence-corrected chi connectivity index (χ4v) is 4.99. The Morgan fingerprint density at radius 2 is 1.46 bits per heavy atom. The van der Waals surface area contributed by atoms with Gasteiger partial charge in [-0.05, 0) is 80.1 Å². The minimum atomic E-state index is -0.783. The van der Waals surface area contributed by atoms with Crippen molar-refractivity contribution in [3.8, 4) is 0 Å². The molecule has 1 saturated heterocycles. The Morgan fingerprint density at radius 1 is 0.902 bits per heavy atom. The van der Waals surface area contributed by atoms with Crippen LogP contribution in [0.1, 0.15) is 46.5 Å². The minimum Gasteiger partial charge on any atom is -0.462 e. The lowest BCUT2D eigenvalue weighted by Crippen LogP contribution is -2.44. The Kier molecular flexibility index (Phi) is 9.86. The summed E-state index contributed by atoms with van der Waals surface area (Å²) < 4.78 is 23.4. The molecule has 0 aromatic heterocycles. The zero-order valence-electron chi connectivity index (χ0n) is 22.5. The average Bonchev–Trinajstić information content (AvgIpc) is 2.96. The van der Waals surface area contributed by atoms with E-state index in [1.807, 2.05) is 0 Å². The number of hydrogen-bond acceptors (Lipinski definition) is 8. The molecule has 0 radical (unpaired) electrons. The van der Waals surface area contributed by atoms with E-state index in [1.165, 1.54) is 17.0 Å². The number of benzene rings is 3. The summed E-state index contributed by atoms with van der Waals surface area (Å²) in [5.41, 5.74) is 2.32. The number of esters is 2. The lowest BCUT2D eigenvalue weighted by Gasteiger charge is -2.32. The Hall–Kier alpha value is -4.51. The third kappa shape index (κ3) is 7.79. The molecule has 1 heterocycles. The van der Waals surface area contributed by atoms with Crippen molar-refractivity contribution in [2.24, 2.45) is 4.99 Å². The molecule has 11 heteroatoms. The van der Waals surface area contributed by atoms with Gasteiger partial charge in [0.05, 0.1) is 36.6 Å². The molecule has 2 amide bonds. The number of thioether (sulfide) groups is 1. The summed E-state index contributed by atoms with van der Waals surface area (Å²) >= 11 is 1.12.